The summed E-state index contributed by atoms with van der Waals surface area (Å²) in [7, 11) is 0. The van der Waals surface area contributed by atoms with Crippen molar-refractivity contribution >= 4 is 5.91 Å². The molecule has 1 amide bonds. The van der Waals surface area contributed by atoms with E-state index in [2.05, 4.69) is 49.0 Å². The molecule has 4 heterocycles. The highest BCUT2D eigenvalue weighted by molar-refractivity contribution is 5.93. The van der Waals surface area contributed by atoms with Crippen molar-refractivity contribution in [1.29, 1.82) is 0 Å². The molecule has 4 rings (SSSR count). The van der Waals surface area contributed by atoms with E-state index in [1.165, 1.54) is 0 Å². The van der Waals surface area contributed by atoms with Gasteiger partial charge >= 0.3 is 0 Å². The molecule has 0 unspecified atom stereocenters. The maximum atomic E-state index is 12.1. The lowest BCUT2D eigenvalue weighted by atomic mass is 10.2. The van der Waals surface area contributed by atoms with Crippen molar-refractivity contribution in [3.63, 3.8) is 0 Å². The predicted molar refractivity (Wildman–Crippen MR) is 107 cm³/mol. The van der Waals surface area contributed by atoms with Gasteiger partial charge in [-0.25, -0.2) is 0 Å². The zero-order valence-electron chi connectivity index (χ0n) is 16.7. The van der Waals surface area contributed by atoms with Gasteiger partial charge in [0.1, 0.15) is 23.2 Å². The Labute approximate surface area is 170 Å². The van der Waals surface area contributed by atoms with Gasteiger partial charge in [-0.1, -0.05) is 6.92 Å². The standard InChI is InChI=1S/C21H26N6O2/c1-2-17-5-6-18(29-17)15-26-11-8-20-25-24-19(27(20)13-12-26)7-10-23-21(28)16-4-3-9-22-14-16/h3-6,9,14H,2,7-8,10-13,15H2,1H3,(H,23,28). The monoisotopic (exact) mass is 394 g/mol. The molecule has 1 N–H and O–H groups in total. The highest BCUT2D eigenvalue weighted by Crippen LogP contribution is 2.15. The average Bonchev–Trinajstić information content (AvgIpc) is 3.31. The minimum Gasteiger partial charge on any atom is -0.465 e. The summed E-state index contributed by atoms with van der Waals surface area (Å²) < 4.78 is 8.04. The third-order valence-corrected chi connectivity index (χ3v) is 5.20. The first-order chi connectivity index (χ1) is 14.2. The van der Waals surface area contributed by atoms with Crippen LogP contribution in [0.3, 0.4) is 0 Å². The van der Waals surface area contributed by atoms with Crippen LogP contribution in [0, 0.1) is 0 Å². The Morgan fingerprint density at radius 2 is 2.07 bits per heavy atom. The van der Waals surface area contributed by atoms with Gasteiger partial charge < -0.3 is 14.3 Å². The molecule has 8 heteroatoms. The molecule has 3 aromatic heterocycles. The molecule has 0 saturated heterocycles. The maximum Gasteiger partial charge on any atom is 0.252 e. The van der Waals surface area contributed by atoms with Crippen LogP contribution in [0.1, 0.15) is 40.5 Å². The molecule has 8 nitrogen and oxygen atoms in total. The van der Waals surface area contributed by atoms with Crippen LogP contribution in [0.4, 0.5) is 0 Å². The number of hydrogen-bond donors (Lipinski definition) is 1. The quantitative estimate of drug-likeness (QED) is 0.658. The molecule has 1 aliphatic heterocycles. The van der Waals surface area contributed by atoms with Gasteiger partial charge in [-0.15, -0.1) is 10.2 Å². The lowest BCUT2D eigenvalue weighted by Crippen LogP contribution is -2.28. The number of hydrogen-bond acceptors (Lipinski definition) is 6. The van der Waals surface area contributed by atoms with Crippen molar-refractivity contribution in [2.45, 2.75) is 39.3 Å². The number of nitrogens with zero attached hydrogens (tertiary/aromatic N) is 5. The van der Waals surface area contributed by atoms with Gasteiger partial charge in [0.2, 0.25) is 0 Å². The van der Waals surface area contributed by atoms with E-state index in [0.29, 0.717) is 18.5 Å². The van der Waals surface area contributed by atoms with Gasteiger partial charge in [0.15, 0.2) is 0 Å². The molecule has 0 fully saturated rings. The number of nitrogens with one attached hydrogen (secondary N) is 1. The summed E-state index contributed by atoms with van der Waals surface area (Å²) in [6.45, 7) is 6.12. The van der Waals surface area contributed by atoms with Crippen molar-refractivity contribution in [1.82, 2.24) is 30.0 Å². The molecule has 0 radical (unpaired) electrons. The number of carbonyl (C=O) groups excluding carboxylic acids is 1. The lowest BCUT2D eigenvalue weighted by molar-refractivity contribution is 0.0953. The first kappa shape index (κ1) is 19.3. The molecule has 152 valence electrons. The fourth-order valence-electron chi connectivity index (χ4n) is 3.57. The second kappa shape index (κ2) is 9.00. The maximum absolute atomic E-state index is 12.1. The Morgan fingerprint density at radius 1 is 1.17 bits per heavy atom. The van der Waals surface area contributed by atoms with Crippen molar-refractivity contribution in [2.24, 2.45) is 0 Å². The van der Waals surface area contributed by atoms with Crippen LogP contribution in [0.5, 0.6) is 0 Å². The SMILES string of the molecule is CCc1ccc(CN2CCc3nnc(CCNC(=O)c4cccnc4)n3CC2)o1. The summed E-state index contributed by atoms with van der Waals surface area (Å²) in [6.07, 6.45) is 5.64. The average molecular weight is 394 g/mol. The minimum absolute atomic E-state index is 0.121. The largest absolute Gasteiger partial charge is 0.465 e. The van der Waals surface area contributed by atoms with E-state index in [0.717, 1.165) is 62.2 Å². The van der Waals surface area contributed by atoms with E-state index < -0.39 is 0 Å². The van der Waals surface area contributed by atoms with E-state index in [1.807, 2.05) is 0 Å². The summed E-state index contributed by atoms with van der Waals surface area (Å²) in [5.74, 6) is 3.85. The molecule has 0 atom stereocenters. The first-order valence-electron chi connectivity index (χ1n) is 10.1. The van der Waals surface area contributed by atoms with Crippen LogP contribution in [-0.2, 0) is 32.4 Å². The molecule has 0 saturated carbocycles. The molecular weight excluding hydrogens is 368 g/mol. The highest BCUT2D eigenvalue weighted by atomic mass is 16.3. The van der Waals surface area contributed by atoms with Crippen molar-refractivity contribution in [3.8, 4) is 0 Å². The Morgan fingerprint density at radius 3 is 2.86 bits per heavy atom. The third-order valence-electron chi connectivity index (χ3n) is 5.20. The topological polar surface area (TPSA) is 89.1 Å². The zero-order chi connectivity index (χ0) is 20.1. The molecule has 29 heavy (non-hydrogen) atoms. The fourth-order valence-corrected chi connectivity index (χ4v) is 3.57. The number of aromatic nitrogens is 4. The lowest BCUT2D eigenvalue weighted by Gasteiger charge is -2.18. The van der Waals surface area contributed by atoms with Crippen LogP contribution in [0.2, 0.25) is 0 Å². The molecule has 0 bridgehead atoms. The second-order valence-electron chi connectivity index (χ2n) is 7.18. The smallest absolute Gasteiger partial charge is 0.252 e. The molecule has 3 aromatic rings. The summed E-state index contributed by atoms with van der Waals surface area (Å²) in [6, 6.07) is 7.63. The van der Waals surface area contributed by atoms with Gasteiger partial charge in [-0.2, -0.15) is 0 Å². The van der Waals surface area contributed by atoms with Crippen LogP contribution in [0.25, 0.3) is 0 Å². The number of fused-ring (bicyclic) bond motifs is 1. The van der Waals surface area contributed by atoms with E-state index in [9.17, 15) is 4.79 Å². The van der Waals surface area contributed by atoms with Gasteiger partial charge in [0.05, 0.1) is 12.1 Å². The Hall–Kier alpha value is -3.00. The van der Waals surface area contributed by atoms with Gasteiger partial charge in [-0.3, -0.25) is 14.7 Å². The van der Waals surface area contributed by atoms with Crippen molar-refractivity contribution in [2.75, 3.05) is 19.6 Å². The normalized spacial score (nSPS) is 14.4. The number of furan rings is 1. The molecule has 1 aliphatic rings. The number of pyridine rings is 1. The van der Waals surface area contributed by atoms with Crippen molar-refractivity contribution < 1.29 is 9.21 Å². The van der Waals surface area contributed by atoms with Crippen LogP contribution in [-0.4, -0.2) is 50.2 Å². The number of aryl methyl sites for hydroxylation is 1. The van der Waals surface area contributed by atoms with Crippen LogP contribution >= 0.6 is 0 Å². The Bertz CT molecular complexity index is 949. The van der Waals surface area contributed by atoms with Gasteiger partial charge in [-0.05, 0) is 24.3 Å². The van der Waals surface area contributed by atoms with E-state index >= 15 is 0 Å². The Balaban J connectivity index is 1.31. The molecule has 0 spiro atoms. The van der Waals surface area contributed by atoms with E-state index in [-0.39, 0.29) is 5.91 Å². The summed E-state index contributed by atoms with van der Waals surface area (Å²) in [5.41, 5.74) is 0.562. The zero-order valence-corrected chi connectivity index (χ0v) is 16.7. The summed E-state index contributed by atoms with van der Waals surface area (Å²) in [5, 5.41) is 11.6. The van der Waals surface area contributed by atoms with E-state index in [1.54, 1.807) is 24.5 Å². The first-order valence-corrected chi connectivity index (χ1v) is 10.1. The summed E-state index contributed by atoms with van der Waals surface area (Å²) >= 11 is 0. The Kier molecular flexibility index (Phi) is 6.00. The van der Waals surface area contributed by atoms with E-state index in [4.69, 9.17) is 4.42 Å². The highest BCUT2D eigenvalue weighted by Gasteiger charge is 2.19. The third kappa shape index (κ3) is 4.71. The van der Waals surface area contributed by atoms with Crippen LogP contribution < -0.4 is 5.32 Å². The molecule has 0 aliphatic carbocycles. The summed E-state index contributed by atoms with van der Waals surface area (Å²) in [4.78, 5) is 18.5. The van der Waals surface area contributed by atoms with Crippen LogP contribution in [0.15, 0.2) is 41.1 Å². The van der Waals surface area contributed by atoms with Gasteiger partial charge in [0, 0.05) is 57.8 Å². The second-order valence-corrected chi connectivity index (χ2v) is 7.18. The minimum atomic E-state index is -0.121. The number of carbonyl (C=O) groups is 1. The fraction of sp³-hybridized carbons (Fsp3) is 0.429. The molecular formula is C21H26N6O2. The van der Waals surface area contributed by atoms with Crippen molar-refractivity contribution in [3.05, 3.63) is 65.4 Å². The number of amides is 1. The number of rotatable bonds is 7. The molecule has 0 aromatic carbocycles. The van der Waals surface area contributed by atoms with Gasteiger partial charge in [0.25, 0.3) is 5.91 Å². The predicted octanol–water partition coefficient (Wildman–Crippen LogP) is 1.86.